The summed E-state index contributed by atoms with van der Waals surface area (Å²) in [5.74, 6) is 6.82. The Bertz CT molecular complexity index is 1830. The second kappa shape index (κ2) is 10.4. The number of sulfone groups is 1. The monoisotopic (exact) mass is 538 g/mol. The highest BCUT2D eigenvalue weighted by Gasteiger charge is 2.28. The molecule has 0 bridgehead atoms. The van der Waals surface area contributed by atoms with Crippen molar-refractivity contribution < 1.29 is 17.9 Å². The molecule has 0 atom stereocenters. The maximum atomic E-state index is 13.5. The summed E-state index contributed by atoms with van der Waals surface area (Å²) in [6.07, 6.45) is 1.60. The van der Waals surface area contributed by atoms with Gasteiger partial charge in [0.15, 0.2) is 11.2 Å². The zero-order valence-electron chi connectivity index (χ0n) is 21.5. The largest absolute Gasteiger partial charge is 0.497 e. The average Bonchev–Trinajstić information content (AvgIpc) is 3.27. The van der Waals surface area contributed by atoms with E-state index in [0.717, 1.165) is 4.57 Å². The van der Waals surface area contributed by atoms with Crippen LogP contribution in [0, 0.1) is 11.8 Å². The second-order valence-electron chi connectivity index (χ2n) is 8.28. The van der Waals surface area contributed by atoms with Gasteiger partial charge in [0.05, 0.1) is 26.5 Å². The van der Waals surface area contributed by atoms with Crippen molar-refractivity contribution >= 4 is 26.8 Å². The van der Waals surface area contributed by atoms with E-state index >= 15 is 0 Å². The van der Waals surface area contributed by atoms with Crippen molar-refractivity contribution in [3.05, 3.63) is 68.5 Å². The van der Waals surface area contributed by atoms with Crippen LogP contribution in [-0.4, -0.2) is 53.4 Å². The Morgan fingerprint density at radius 3 is 2.50 bits per heavy atom. The molecule has 0 saturated heterocycles. The van der Waals surface area contributed by atoms with Crippen LogP contribution in [0.2, 0.25) is 0 Å². The Morgan fingerprint density at radius 1 is 1.05 bits per heavy atom. The summed E-state index contributed by atoms with van der Waals surface area (Å²) < 4.78 is 40.8. The SMILES string of the molecule is CNc1cc(C#CCn2c(=O)n(C)c(=O)c3c2nc(S(=O)(=O)Cc2cc(OC)ccc2OC)n3C)ccn1. The molecule has 1 aromatic carbocycles. The van der Waals surface area contributed by atoms with E-state index in [1.165, 1.54) is 37.4 Å². The summed E-state index contributed by atoms with van der Waals surface area (Å²) in [5, 5.41) is 2.55. The Morgan fingerprint density at radius 2 is 1.82 bits per heavy atom. The normalized spacial score (nSPS) is 11.2. The maximum Gasteiger partial charge on any atom is 0.333 e. The van der Waals surface area contributed by atoms with Gasteiger partial charge in [0.1, 0.15) is 17.3 Å². The lowest BCUT2D eigenvalue weighted by atomic mass is 10.2. The summed E-state index contributed by atoms with van der Waals surface area (Å²) in [6, 6.07) is 8.27. The molecule has 3 heterocycles. The number of anilines is 1. The number of pyridine rings is 1. The fourth-order valence-electron chi connectivity index (χ4n) is 3.96. The van der Waals surface area contributed by atoms with Gasteiger partial charge in [-0.2, -0.15) is 4.98 Å². The highest BCUT2D eigenvalue weighted by atomic mass is 32.2. The zero-order valence-corrected chi connectivity index (χ0v) is 22.3. The highest BCUT2D eigenvalue weighted by molar-refractivity contribution is 7.90. The van der Waals surface area contributed by atoms with Crippen LogP contribution in [0.5, 0.6) is 11.5 Å². The summed E-state index contributed by atoms with van der Waals surface area (Å²) in [4.78, 5) is 34.3. The highest BCUT2D eigenvalue weighted by Crippen LogP contribution is 2.28. The third kappa shape index (κ3) is 4.85. The molecule has 0 radical (unpaired) electrons. The van der Waals surface area contributed by atoms with Gasteiger partial charge in [0.2, 0.25) is 15.0 Å². The van der Waals surface area contributed by atoms with Gasteiger partial charge in [-0.25, -0.2) is 18.2 Å². The predicted octanol–water partition coefficient (Wildman–Crippen LogP) is 0.913. The Hall–Kier alpha value is -4.57. The quantitative estimate of drug-likeness (QED) is 0.340. The fourth-order valence-corrected chi connectivity index (χ4v) is 5.46. The molecule has 0 unspecified atom stereocenters. The second-order valence-corrected chi connectivity index (χ2v) is 10.2. The molecule has 12 nitrogen and oxygen atoms in total. The van der Waals surface area contributed by atoms with Gasteiger partial charge in [0.25, 0.3) is 5.56 Å². The van der Waals surface area contributed by atoms with Crippen molar-refractivity contribution in [1.29, 1.82) is 0 Å². The first-order chi connectivity index (χ1) is 18.1. The number of fused-ring (bicyclic) bond motifs is 1. The van der Waals surface area contributed by atoms with Crippen LogP contribution in [0.1, 0.15) is 11.1 Å². The van der Waals surface area contributed by atoms with Gasteiger partial charge >= 0.3 is 5.69 Å². The van der Waals surface area contributed by atoms with Crippen LogP contribution in [-0.2, 0) is 36.2 Å². The van der Waals surface area contributed by atoms with Crippen molar-refractivity contribution in [3.63, 3.8) is 0 Å². The number of imidazole rings is 1. The zero-order chi connectivity index (χ0) is 27.6. The molecule has 1 N–H and O–H groups in total. The van der Waals surface area contributed by atoms with E-state index in [2.05, 4.69) is 27.1 Å². The van der Waals surface area contributed by atoms with Crippen molar-refractivity contribution in [1.82, 2.24) is 23.7 Å². The van der Waals surface area contributed by atoms with Crippen LogP contribution >= 0.6 is 0 Å². The van der Waals surface area contributed by atoms with Crippen molar-refractivity contribution in [3.8, 4) is 23.3 Å². The number of nitrogens with one attached hydrogen (secondary N) is 1. The fraction of sp³-hybridized carbons (Fsp3) is 0.280. The minimum atomic E-state index is -4.09. The standard InChI is InChI=1S/C25H26N6O6S/c1-26-20-13-16(10-11-27-20)7-6-12-31-22-21(23(32)30(3)25(31)33)29(2)24(28-22)38(34,35)15-17-14-18(36-4)8-9-19(17)37-5/h8-11,13-14H,12,15H2,1-5H3,(H,26,27). The van der Waals surface area contributed by atoms with Gasteiger partial charge in [-0.15, -0.1) is 0 Å². The molecule has 0 aliphatic heterocycles. The Balaban J connectivity index is 1.82. The van der Waals surface area contributed by atoms with Gasteiger partial charge in [0, 0.05) is 38.5 Å². The number of rotatable bonds is 7. The number of ether oxygens (including phenoxy) is 2. The summed E-state index contributed by atoms with van der Waals surface area (Å²) in [6.45, 7) is -0.124. The van der Waals surface area contributed by atoms with Crippen molar-refractivity contribution in [2.75, 3.05) is 26.6 Å². The lowest BCUT2D eigenvalue weighted by Crippen LogP contribution is -2.38. The Kier molecular flexibility index (Phi) is 7.27. The number of aromatic nitrogens is 5. The molecular weight excluding hydrogens is 512 g/mol. The van der Waals surface area contributed by atoms with E-state index in [-0.39, 0.29) is 22.9 Å². The molecule has 13 heteroatoms. The molecule has 0 aliphatic rings. The number of hydrogen-bond donors (Lipinski definition) is 1. The van der Waals surface area contributed by atoms with Crippen molar-refractivity contribution in [2.45, 2.75) is 17.5 Å². The molecule has 4 rings (SSSR count). The van der Waals surface area contributed by atoms with Gasteiger partial charge in [-0.1, -0.05) is 11.8 Å². The first-order valence-corrected chi connectivity index (χ1v) is 13.0. The third-order valence-electron chi connectivity index (χ3n) is 5.91. The summed E-state index contributed by atoms with van der Waals surface area (Å²) in [7, 11) is 3.28. The predicted molar refractivity (Wildman–Crippen MR) is 141 cm³/mol. The minimum Gasteiger partial charge on any atom is -0.497 e. The summed E-state index contributed by atoms with van der Waals surface area (Å²) in [5.41, 5.74) is -0.428. The minimum absolute atomic E-state index is 0.0357. The van der Waals surface area contributed by atoms with Crippen LogP contribution in [0.4, 0.5) is 5.82 Å². The molecule has 3 aromatic heterocycles. The molecular formula is C25H26N6O6S. The first-order valence-electron chi connectivity index (χ1n) is 11.3. The molecule has 0 aliphatic carbocycles. The maximum absolute atomic E-state index is 13.5. The van der Waals surface area contributed by atoms with Gasteiger partial charge < -0.3 is 19.4 Å². The van der Waals surface area contributed by atoms with Gasteiger partial charge in [-0.05, 0) is 30.3 Å². The number of hydrogen-bond acceptors (Lipinski definition) is 9. The number of benzene rings is 1. The summed E-state index contributed by atoms with van der Waals surface area (Å²) >= 11 is 0. The van der Waals surface area contributed by atoms with Crippen LogP contribution in [0.25, 0.3) is 11.2 Å². The molecule has 4 aromatic rings. The molecule has 0 saturated carbocycles. The molecule has 0 spiro atoms. The van der Waals surface area contributed by atoms with Crippen LogP contribution in [0.3, 0.4) is 0 Å². The van der Waals surface area contributed by atoms with E-state index in [1.807, 2.05) is 0 Å². The Labute approximate surface area is 218 Å². The number of nitrogens with zero attached hydrogens (tertiary/aromatic N) is 5. The van der Waals surface area contributed by atoms with Crippen LogP contribution < -0.4 is 26.0 Å². The van der Waals surface area contributed by atoms with E-state index in [1.54, 1.807) is 43.6 Å². The third-order valence-corrected chi connectivity index (χ3v) is 7.53. The topological polar surface area (TPSA) is 139 Å². The lowest BCUT2D eigenvalue weighted by molar-refractivity contribution is 0.400. The molecule has 198 valence electrons. The lowest BCUT2D eigenvalue weighted by Gasteiger charge is -2.11. The van der Waals surface area contributed by atoms with Gasteiger partial charge in [-0.3, -0.25) is 13.9 Å². The average molecular weight is 539 g/mol. The first kappa shape index (κ1) is 26.5. The number of methoxy groups -OCH3 is 2. The van der Waals surface area contributed by atoms with E-state index in [4.69, 9.17) is 9.47 Å². The molecule has 0 fully saturated rings. The van der Waals surface area contributed by atoms with E-state index in [0.29, 0.717) is 28.4 Å². The van der Waals surface area contributed by atoms with Crippen molar-refractivity contribution in [2.24, 2.45) is 14.1 Å². The van der Waals surface area contributed by atoms with E-state index in [9.17, 15) is 18.0 Å². The smallest absolute Gasteiger partial charge is 0.333 e. The molecule has 38 heavy (non-hydrogen) atoms. The van der Waals surface area contributed by atoms with E-state index < -0.39 is 26.8 Å². The number of aryl methyl sites for hydroxylation is 1. The van der Waals surface area contributed by atoms with Crippen LogP contribution in [0.15, 0.2) is 51.3 Å². The molecule has 0 amide bonds.